The third-order valence-corrected chi connectivity index (χ3v) is 6.02. The molecular weight excluding hydrogens is 419 g/mol. The molecule has 0 aliphatic heterocycles. The van der Waals surface area contributed by atoms with Crippen molar-refractivity contribution in [1.29, 1.82) is 0 Å². The van der Waals surface area contributed by atoms with Gasteiger partial charge in [0.2, 0.25) is 0 Å². The van der Waals surface area contributed by atoms with Gasteiger partial charge in [0, 0.05) is 21.5 Å². The number of benzene rings is 4. The number of rotatable bonds is 1. The second-order valence-corrected chi connectivity index (χ2v) is 7.62. The lowest BCUT2D eigenvalue weighted by Crippen LogP contribution is -1.82. The van der Waals surface area contributed by atoms with Gasteiger partial charge in [-0.2, -0.15) is 0 Å². The van der Waals surface area contributed by atoms with Crippen molar-refractivity contribution in [3.05, 3.63) is 83.1 Å². The summed E-state index contributed by atoms with van der Waals surface area (Å²) in [4.78, 5) is 0. The van der Waals surface area contributed by atoms with Crippen molar-refractivity contribution in [2.45, 2.75) is 0 Å². The highest BCUT2D eigenvalue weighted by Gasteiger charge is 2.17. The Morgan fingerprint density at radius 1 is 0.643 bits per heavy atom. The molecule has 28 heavy (non-hydrogen) atoms. The van der Waals surface area contributed by atoms with Gasteiger partial charge in [-0.3, -0.25) is 0 Å². The number of hydrogen-bond acceptors (Lipinski definition) is 2. The van der Waals surface area contributed by atoms with E-state index in [2.05, 4.69) is 28.1 Å². The Balaban J connectivity index is 1.72. The van der Waals surface area contributed by atoms with Crippen LogP contribution in [0, 0.1) is 5.82 Å². The maximum Gasteiger partial charge on any atom is 0.138 e. The Kier molecular flexibility index (Phi) is 3.23. The van der Waals surface area contributed by atoms with Gasteiger partial charge in [0.1, 0.15) is 28.1 Å². The summed E-state index contributed by atoms with van der Waals surface area (Å²) < 4.78 is 26.6. The summed E-state index contributed by atoms with van der Waals surface area (Å²) in [5.41, 5.74) is 5.13. The van der Waals surface area contributed by atoms with Crippen molar-refractivity contribution in [1.82, 2.24) is 0 Å². The van der Waals surface area contributed by atoms with Crippen molar-refractivity contribution >= 4 is 59.8 Å². The van der Waals surface area contributed by atoms with E-state index in [4.69, 9.17) is 8.83 Å². The van der Waals surface area contributed by atoms with Gasteiger partial charge in [0.15, 0.2) is 0 Å². The van der Waals surface area contributed by atoms with Crippen molar-refractivity contribution < 1.29 is 13.2 Å². The van der Waals surface area contributed by atoms with Crippen molar-refractivity contribution in [3.63, 3.8) is 0 Å². The fourth-order valence-electron chi connectivity index (χ4n) is 3.98. The van der Waals surface area contributed by atoms with Gasteiger partial charge >= 0.3 is 0 Å². The van der Waals surface area contributed by atoms with Crippen LogP contribution in [0.1, 0.15) is 0 Å². The topological polar surface area (TPSA) is 26.3 Å². The van der Waals surface area contributed by atoms with E-state index in [0.29, 0.717) is 10.1 Å². The molecule has 0 saturated carbocycles. The molecule has 6 aromatic rings. The summed E-state index contributed by atoms with van der Waals surface area (Å²) in [7, 11) is 0. The van der Waals surface area contributed by atoms with Crippen molar-refractivity contribution in [3.8, 4) is 11.1 Å². The van der Waals surface area contributed by atoms with Crippen LogP contribution in [0.25, 0.3) is 55.0 Å². The summed E-state index contributed by atoms with van der Waals surface area (Å²) >= 11 is 3.40. The minimum absolute atomic E-state index is 0.304. The smallest absolute Gasteiger partial charge is 0.138 e. The van der Waals surface area contributed by atoms with Crippen LogP contribution in [-0.2, 0) is 0 Å². The molecule has 0 N–H and O–H groups in total. The summed E-state index contributed by atoms with van der Waals surface area (Å²) in [5.74, 6) is -0.304. The molecule has 2 aromatic heterocycles. The summed E-state index contributed by atoms with van der Waals surface area (Å²) in [6.45, 7) is 0. The lowest BCUT2D eigenvalue weighted by Gasteiger charge is -2.05. The molecule has 4 aromatic carbocycles. The molecule has 0 saturated heterocycles. The first-order valence-corrected chi connectivity index (χ1v) is 9.71. The molecule has 0 unspecified atom stereocenters. The van der Waals surface area contributed by atoms with Gasteiger partial charge in [0.25, 0.3) is 0 Å². The summed E-state index contributed by atoms with van der Waals surface area (Å²) in [5, 5.41) is 3.79. The molecule has 0 fully saturated rings. The molecule has 2 nitrogen and oxygen atoms in total. The Hall–Kier alpha value is -3.11. The maximum atomic E-state index is 14.2. The third-order valence-electron chi connectivity index (χ3n) is 5.24. The molecule has 0 aliphatic rings. The summed E-state index contributed by atoms with van der Waals surface area (Å²) in [6, 6.07) is 23.2. The first kappa shape index (κ1) is 15.9. The molecule has 0 amide bonds. The van der Waals surface area contributed by atoms with Crippen LogP contribution in [0.4, 0.5) is 4.39 Å². The second-order valence-electron chi connectivity index (χ2n) is 6.82. The lowest BCUT2D eigenvalue weighted by atomic mass is 9.98. The highest BCUT2D eigenvalue weighted by molar-refractivity contribution is 9.10. The molecule has 134 valence electrons. The van der Waals surface area contributed by atoms with Crippen molar-refractivity contribution in [2.75, 3.05) is 0 Å². The van der Waals surface area contributed by atoms with Gasteiger partial charge in [-0.15, -0.1) is 0 Å². The van der Waals surface area contributed by atoms with Crippen LogP contribution in [-0.4, -0.2) is 0 Å². The van der Waals surface area contributed by atoms with E-state index in [-0.39, 0.29) is 5.82 Å². The van der Waals surface area contributed by atoms with Gasteiger partial charge < -0.3 is 8.83 Å². The van der Waals surface area contributed by atoms with Gasteiger partial charge in [-0.25, -0.2) is 4.39 Å². The Morgan fingerprint density at radius 2 is 1.36 bits per heavy atom. The molecule has 2 heterocycles. The molecule has 0 spiro atoms. The highest BCUT2D eigenvalue weighted by atomic mass is 79.9. The predicted molar refractivity (Wildman–Crippen MR) is 114 cm³/mol. The van der Waals surface area contributed by atoms with Crippen LogP contribution in [0.15, 0.2) is 86.1 Å². The third kappa shape index (κ3) is 2.12. The molecule has 0 aliphatic carbocycles. The van der Waals surface area contributed by atoms with E-state index in [1.165, 1.54) is 6.07 Å². The average molecular weight is 431 g/mol. The quantitative estimate of drug-likeness (QED) is 0.263. The number of hydrogen-bond donors (Lipinski definition) is 0. The van der Waals surface area contributed by atoms with E-state index in [1.807, 2.05) is 48.5 Å². The first-order valence-electron chi connectivity index (χ1n) is 8.91. The summed E-state index contributed by atoms with van der Waals surface area (Å²) in [6.07, 6.45) is 0. The van der Waals surface area contributed by atoms with Crippen LogP contribution in [0.5, 0.6) is 0 Å². The molecule has 4 heteroatoms. The number of furan rings is 2. The Labute approximate surface area is 167 Å². The fourth-order valence-corrected chi connectivity index (χ4v) is 4.50. The van der Waals surface area contributed by atoms with E-state index >= 15 is 0 Å². The van der Waals surface area contributed by atoms with Crippen molar-refractivity contribution in [2.24, 2.45) is 0 Å². The van der Waals surface area contributed by atoms with Crippen LogP contribution in [0.2, 0.25) is 0 Å². The van der Waals surface area contributed by atoms with Gasteiger partial charge in [-0.05, 0) is 63.5 Å². The number of fused-ring (bicyclic) bond motifs is 6. The standard InChI is InChI=1S/C24H12BrFO2/c25-24-17(26)9-11-21-23(24)22-14(5-3-7-20(22)28-21)13-8-10-19-16(12-13)15-4-1-2-6-18(15)27-19/h1-12H. The normalized spacial score (nSPS) is 11.9. The van der Waals surface area contributed by atoms with E-state index in [9.17, 15) is 4.39 Å². The Morgan fingerprint density at radius 3 is 2.29 bits per heavy atom. The zero-order valence-electron chi connectivity index (χ0n) is 14.5. The SMILES string of the molecule is Fc1ccc2oc3cccc(-c4ccc5oc6ccccc6c5c4)c3c2c1Br. The highest BCUT2D eigenvalue weighted by Crippen LogP contribution is 2.42. The predicted octanol–water partition coefficient (Wildman–Crippen LogP) is 8.05. The van der Waals surface area contributed by atoms with Gasteiger partial charge in [-0.1, -0.05) is 36.4 Å². The fraction of sp³-hybridized carbons (Fsp3) is 0. The Bertz CT molecular complexity index is 1540. The minimum atomic E-state index is -0.304. The van der Waals surface area contributed by atoms with E-state index in [0.717, 1.165) is 49.4 Å². The molecule has 0 atom stereocenters. The largest absolute Gasteiger partial charge is 0.456 e. The monoisotopic (exact) mass is 430 g/mol. The van der Waals surface area contributed by atoms with Crippen LogP contribution in [0.3, 0.4) is 0 Å². The average Bonchev–Trinajstić information content (AvgIpc) is 3.28. The van der Waals surface area contributed by atoms with E-state index < -0.39 is 0 Å². The number of halogens is 2. The zero-order chi connectivity index (χ0) is 18.8. The maximum absolute atomic E-state index is 14.2. The molecular formula is C24H12BrFO2. The molecule has 0 bridgehead atoms. The zero-order valence-corrected chi connectivity index (χ0v) is 16.1. The molecule has 0 radical (unpaired) electrons. The molecule has 6 rings (SSSR count). The van der Waals surface area contributed by atoms with Crippen LogP contribution >= 0.6 is 15.9 Å². The first-order chi connectivity index (χ1) is 13.7. The van der Waals surface area contributed by atoms with Crippen LogP contribution < -0.4 is 0 Å². The second kappa shape index (κ2) is 5.69. The minimum Gasteiger partial charge on any atom is -0.456 e. The van der Waals surface area contributed by atoms with E-state index in [1.54, 1.807) is 6.07 Å². The van der Waals surface area contributed by atoms with Gasteiger partial charge in [0.05, 0.1) is 4.47 Å². The lowest BCUT2D eigenvalue weighted by molar-refractivity contribution is 0.620. The number of para-hydroxylation sites is 1.